The number of fused-ring (bicyclic) bond motifs is 1. The summed E-state index contributed by atoms with van der Waals surface area (Å²) < 4.78 is 0. The van der Waals surface area contributed by atoms with Crippen molar-refractivity contribution in [3.63, 3.8) is 0 Å². The monoisotopic (exact) mass is 249 g/mol. The summed E-state index contributed by atoms with van der Waals surface area (Å²) in [5.41, 5.74) is 2.48. The van der Waals surface area contributed by atoms with E-state index < -0.39 is 0 Å². The largest absolute Gasteiger partial charge is 0.508 e. The highest BCUT2D eigenvalue weighted by Crippen LogP contribution is 2.37. The van der Waals surface area contributed by atoms with Crippen LogP contribution in [0.15, 0.2) is 18.2 Å². The average molecular weight is 249 g/mol. The smallest absolute Gasteiger partial charge is 0.119 e. The van der Waals surface area contributed by atoms with Crippen molar-refractivity contribution in [1.29, 1.82) is 0 Å². The summed E-state index contributed by atoms with van der Waals surface area (Å²) in [6.07, 6.45) is 4.78. The van der Waals surface area contributed by atoms with E-state index in [1.165, 1.54) is 29.9 Å². The Morgan fingerprint density at radius 3 is 3.06 bits per heavy atom. The fourth-order valence-corrected chi connectivity index (χ4v) is 4.05. The first kappa shape index (κ1) is 11.4. The Bertz CT molecular complexity index is 401. The van der Waals surface area contributed by atoms with Crippen LogP contribution in [0.5, 0.6) is 5.75 Å². The van der Waals surface area contributed by atoms with Crippen molar-refractivity contribution in [2.24, 2.45) is 0 Å². The van der Waals surface area contributed by atoms with Gasteiger partial charge in [0.15, 0.2) is 0 Å². The molecule has 1 fully saturated rings. The SMILES string of the molecule is Oc1cccc2c1CCC2NC1CCCSC1. The van der Waals surface area contributed by atoms with Gasteiger partial charge in [0.25, 0.3) is 0 Å². The Morgan fingerprint density at radius 1 is 1.29 bits per heavy atom. The molecule has 1 heterocycles. The van der Waals surface area contributed by atoms with Crippen molar-refractivity contribution in [1.82, 2.24) is 5.32 Å². The molecule has 0 aromatic heterocycles. The number of phenolic OH excluding ortho intramolecular Hbond substituents is 1. The molecule has 2 aliphatic rings. The molecule has 0 bridgehead atoms. The van der Waals surface area contributed by atoms with Crippen LogP contribution in [0.4, 0.5) is 0 Å². The summed E-state index contributed by atoms with van der Waals surface area (Å²) >= 11 is 2.06. The fraction of sp³-hybridized carbons (Fsp3) is 0.571. The zero-order valence-electron chi connectivity index (χ0n) is 9.98. The molecule has 1 saturated heterocycles. The summed E-state index contributed by atoms with van der Waals surface area (Å²) in [5, 5.41) is 13.6. The van der Waals surface area contributed by atoms with Crippen LogP contribution in [0.25, 0.3) is 0 Å². The number of hydrogen-bond acceptors (Lipinski definition) is 3. The summed E-state index contributed by atoms with van der Waals surface area (Å²) in [5.74, 6) is 3.04. The molecule has 0 radical (unpaired) electrons. The van der Waals surface area contributed by atoms with E-state index in [0.717, 1.165) is 18.4 Å². The van der Waals surface area contributed by atoms with E-state index in [4.69, 9.17) is 0 Å². The molecular weight excluding hydrogens is 230 g/mol. The van der Waals surface area contributed by atoms with Crippen LogP contribution in [0.1, 0.15) is 36.4 Å². The molecule has 0 spiro atoms. The molecule has 1 aromatic carbocycles. The fourth-order valence-electron chi connectivity index (χ4n) is 2.96. The Morgan fingerprint density at radius 2 is 2.24 bits per heavy atom. The van der Waals surface area contributed by atoms with Crippen molar-refractivity contribution in [3.05, 3.63) is 29.3 Å². The molecule has 1 aliphatic carbocycles. The Hall–Kier alpha value is -0.670. The van der Waals surface area contributed by atoms with Crippen molar-refractivity contribution in [2.75, 3.05) is 11.5 Å². The van der Waals surface area contributed by atoms with Gasteiger partial charge in [-0.25, -0.2) is 0 Å². The van der Waals surface area contributed by atoms with Crippen LogP contribution in [0.3, 0.4) is 0 Å². The third kappa shape index (κ3) is 2.31. The van der Waals surface area contributed by atoms with Gasteiger partial charge in [-0.3, -0.25) is 0 Å². The highest BCUT2D eigenvalue weighted by Gasteiger charge is 2.27. The quantitative estimate of drug-likeness (QED) is 0.845. The van der Waals surface area contributed by atoms with Crippen molar-refractivity contribution < 1.29 is 5.11 Å². The van der Waals surface area contributed by atoms with E-state index >= 15 is 0 Å². The number of thioether (sulfide) groups is 1. The Labute approximate surface area is 107 Å². The van der Waals surface area contributed by atoms with Crippen LogP contribution < -0.4 is 5.32 Å². The van der Waals surface area contributed by atoms with Crippen molar-refractivity contribution in [3.8, 4) is 5.75 Å². The normalized spacial score (nSPS) is 28.0. The lowest BCUT2D eigenvalue weighted by atomic mass is 10.1. The number of nitrogens with one attached hydrogen (secondary N) is 1. The standard InChI is InChI=1S/C14H19NOS/c16-14-5-1-4-11-12(14)6-7-13(11)15-10-3-2-8-17-9-10/h1,4-5,10,13,15-16H,2-3,6-9H2. The first-order chi connectivity index (χ1) is 8.34. The molecule has 2 N–H and O–H groups in total. The molecule has 2 unspecified atom stereocenters. The molecule has 2 nitrogen and oxygen atoms in total. The van der Waals surface area contributed by atoms with Gasteiger partial charge >= 0.3 is 0 Å². The number of aromatic hydroxyl groups is 1. The maximum atomic E-state index is 9.82. The highest BCUT2D eigenvalue weighted by atomic mass is 32.2. The van der Waals surface area contributed by atoms with E-state index in [1.54, 1.807) is 6.07 Å². The van der Waals surface area contributed by atoms with Gasteiger partial charge in [-0.1, -0.05) is 12.1 Å². The number of rotatable bonds is 2. The molecule has 3 heteroatoms. The van der Waals surface area contributed by atoms with Crippen molar-refractivity contribution in [2.45, 2.75) is 37.8 Å². The minimum atomic E-state index is 0.459. The van der Waals surface area contributed by atoms with E-state index in [-0.39, 0.29) is 0 Å². The van der Waals surface area contributed by atoms with Gasteiger partial charge in [0.2, 0.25) is 0 Å². The summed E-state index contributed by atoms with van der Waals surface area (Å²) in [4.78, 5) is 0. The molecule has 17 heavy (non-hydrogen) atoms. The average Bonchev–Trinajstić information content (AvgIpc) is 2.76. The third-order valence-corrected chi connectivity index (χ3v) is 5.06. The lowest BCUT2D eigenvalue weighted by molar-refractivity contribution is 0.431. The second-order valence-electron chi connectivity index (χ2n) is 5.02. The lowest BCUT2D eigenvalue weighted by Crippen LogP contribution is -2.35. The second-order valence-corrected chi connectivity index (χ2v) is 6.17. The predicted molar refractivity (Wildman–Crippen MR) is 72.7 cm³/mol. The van der Waals surface area contributed by atoms with E-state index in [1.807, 2.05) is 6.07 Å². The Balaban J connectivity index is 1.72. The predicted octanol–water partition coefficient (Wildman–Crippen LogP) is 2.86. The van der Waals surface area contributed by atoms with E-state index in [2.05, 4.69) is 23.1 Å². The first-order valence-corrected chi connectivity index (χ1v) is 7.64. The minimum absolute atomic E-state index is 0.459. The molecule has 0 amide bonds. The van der Waals surface area contributed by atoms with Crippen LogP contribution in [0.2, 0.25) is 0 Å². The van der Waals surface area contributed by atoms with Crippen LogP contribution in [-0.2, 0) is 6.42 Å². The zero-order valence-corrected chi connectivity index (χ0v) is 10.8. The van der Waals surface area contributed by atoms with Crippen LogP contribution in [-0.4, -0.2) is 22.7 Å². The van der Waals surface area contributed by atoms with Crippen molar-refractivity contribution >= 4 is 11.8 Å². The molecule has 0 saturated carbocycles. The third-order valence-electron chi connectivity index (χ3n) is 3.84. The molecule has 3 rings (SSSR count). The first-order valence-electron chi connectivity index (χ1n) is 6.49. The van der Waals surface area contributed by atoms with Gasteiger partial charge in [-0.2, -0.15) is 11.8 Å². The van der Waals surface area contributed by atoms with E-state index in [9.17, 15) is 5.11 Å². The topological polar surface area (TPSA) is 32.3 Å². The zero-order chi connectivity index (χ0) is 11.7. The second kappa shape index (κ2) is 4.91. The summed E-state index contributed by atoms with van der Waals surface area (Å²) in [6, 6.07) is 7.05. The molecule has 2 atom stereocenters. The molecule has 1 aliphatic heterocycles. The van der Waals surface area contributed by atoms with Gasteiger partial charge in [-0.05, 0) is 48.6 Å². The lowest BCUT2D eigenvalue weighted by Gasteiger charge is -2.26. The molecule has 1 aromatic rings. The maximum Gasteiger partial charge on any atom is 0.119 e. The van der Waals surface area contributed by atoms with Gasteiger partial charge in [-0.15, -0.1) is 0 Å². The number of hydrogen-bond donors (Lipinski definition) is 2. The minimum Gasteiger partial charge on any atom is -0.508 e. The number of benzene rings is 1. The van der Waals surface area contributed by atoms with E-state index in [0.29, 0.717) is 17.8 Å². The van der Waals surface area contributed by atoms with Gasteiger partial charge in [0, 0.05) is 17.8 Å². The Kier molecular flexibility index (Phi) is 3.30. The van der Waals surface area contributed by atoms with Gasteiger partial charge in [0.1, 0.15) is 5.75 Å². The van der Waals surface area contributed by atoms with Gasteiger partial charge in [0.05, 0.1) is 0 Å². The number of phenols is 1. The van der Waals surface area contributed by atoms with Gasteiger partial charge < -0.3 is 10.4 Å². The highest BCUT2D eigenvalue weighted by molar-refractivity contribution is 7.99. The maximum absolute atomic E-state index is 9.82. The summed E-state index contributed by atoms with van der Waals surface area (Å²) in [7, 11) is 0. The molecule has 92 valence electrons. The van der Waals surface area contributed by atoms with Crippen LogP contribution >= 0.6 is 11.8 Å². The summed E-state index contributed by atoms with van der Waals surface area (Å²) in [6.45, 7) is 0. The molecular formula is C14H19NOS. The van der Waals surface area contributed by atoms with Crippen LogP contribution in [0, 0.1) is 0 Å².